The van der Waals surface area contributed by atoms with Crippen molar-refractivity contribution in [2.75, 3.05) is 13.1 Å². The molecule has 0 aromatic heterocycles. The van der Waals surface area contributed by atoms with Crippen LogP contribution in [0.3, 0.4) is 0 Å². The lowest BCUT2D eigenvalue weighted by molar-refractivity contribution is -0.142. The van der Waals surface area contributed by atoms with Gasteiger partial charge in [-0.15, -0.1) is 0 Å². The van der Waals surface area contributed by atoms with Gasteiger partial charge in [-0.05, 0) is 31.4 Å². The maximum absolute atomic E-state index is 12.8. The van der Waals surface area contributed by atoms with Crippen LogP contribution in [0.1, 0.15) is 37.7 Å². The Morgan fingerprint density at radius 2 is 1.59 bits per heavy atom. The van der Waals surface area contributed by atoms with E-state index in [2.05, 4.69) is 16.0 Å². The molecule has 188 valence electrons. The first-order chi connectivity index (χ1) is 16.1. The van der Waals surface area contributed by atoms with Crippen LogP contribution in [0.2, 0.25) is 0 Å². The van der Waals surface area contributed by atoms with Crippen LogP contribution in [0.5, 0.6) is 0 Å². The molecular weight excluding hydrogens is 444 g/mol. The highest BCUT2D eigenvalue weighted by Crippen LogP contribution is 2.05. The third kappa shape index (κ3) is 11.4. The summed E-state index contributed by atoms with van der Waals surface area (Å²) in [4.78, 5) is 59.5. The quantitative estimate of drug-likeness (QED) is 0.133. The molecule has 0 aliphatic rings. The Hall–Kier alpha value is -3.51. The van der Waals surface area contributed by atoms with Crippen molar-refractivity contribution in [3.8, 4) is 0 Å². The molecule has 0 spiro atoms. The summed E-state index contributed by atoms with van der Waals surface area (Å²) < 4.78 is 0. The number of carboxylic acid groups (broad SMARTS) is 1. The second-order valence-electron chi connectivity index (χ2n) is 7.82. The largest absolute Gasteiger partial charge is 0.480 e. The minimum atomic E-state index is -1.33. The molecule has 12 nitrogen and oxygen atoms in total. The second-order valence-corrected chi connectivity index (χ2v) is 7.82. The summed E-state index contributed by atoms with van der Waals surface area (Å²) >= 11 is 0. The third-order valence-electron chi connectivity index (χ3n) is 4.96. The zero-order chi connectivity index (χ0) is 25.5. The SMILES string of the molecule is NCCCCC(N)C(=O)NC(Cc1ccccc1)C(=O)NCC(=O)NC(CCC(N)=O)C(=O)O. The molecule has 3 atom stereocenters. The average Bonchev–Trinajstić information content (AvgIpc) is 2.80. The lowest BCUT2D eigenvalue weighted by Crippen LogP contribution is -2.54. The van der Waals surface area contributed by atoms with Crippen molar-refractivity contribution >= 4 is 29.6 Å². The summed E-state index contributed by atoms with van der Waals surface area (Å²) in [6.07, 6.45) is 1.56. The fourth-order valence-corrected chi connectivity index (χ4v) is 3.06. The van der Waals surface area contributed by atoms with Crippen molar-refractivity contribution in [2.45, 2.75) is 56.7 Å². The van der Waals surface area contributed by atoms with Gasteiger partial charge in [0.2, 0.25) is 23.6 Å². The van der Waals surface area contributed by atoms with Crippen LogP contribution >= 0.6 is 0 Å². The van der Waals surface area contributed by atoms with Crippen LogP contribution in [-0.4, -0.2) is 65.9 Å². The van der Waals surface area contributed by atoms with E-state index in [-0.39, 0.29) is 19.3 Å². The highest BCUT2D eigenvalue weighted by molar-refractivity contribution is 5.92. The molecule has 0 aliphatic carbocycles. The Morgan fingerprint density at radius 1 is 0.912 bits per heavy atom. The molecule has 1 rings (SSSR count). The Balaban J connectivity index is 2.74. The number of carbonyl (C=O) groups is 5. The fourth-order valence-electron chi connectivity index (χ4n) is 3.06. The second kappa shape index (κ2) is 15.3. The highest BCUT2D eigenvalue weighted by atomic mass is 16.4. The molecule has 4 amide bonds. The van der Waals surface area contributed by atoms with Gasteiger partial charge in [-0.25, -0.2) is 4.79 Å². The van der Waals surface area contributed by atoms with Crippen molar-refractivity contribution < 1.29 is 29.1 Å². The summed E-state index contributed by atoms with van der Waals surface area (Å²) in [6, 6.07) is 5.81. The van der Waals surface area contributed by atoms with Gasteiger partial charge in [0, 0.05) is 12.8 Å². The molecule has 1 aromatic rings. The van der Waals surface area contributed by atoms with Gasteiger partial charge in [0.05, 0.1) is 12.6 Å². The van der Waals surface area contributed by atoms with Crippen LogP contribution in [0.15, 0.2) is 30.3 Å². The van der Waals surface area contributed by atoms with Gasteiger partial charge in [-0.3, -0.25) is 19.2 Å². The molecule has 0 aliphatic heterocycles. The van der Waals surface area contributed by atoms with Gasteiger partial charge in [0.15, 0.2) is 0 Å². The molecule has 12 heteroatoms. The van der Waals surface area contributed by atoms with Gasteiger partial charge < -0.3 is 38.3 Å². The first-order valence-corrected chi connectivity index (χ1v) is 11.0. The van der Waals surface area contributed by atoms with Crippen molar-refractivity contribution in [3.05, 3.63) is 35.9 Å². The number of hydrogen-bond donors (Lipinski definition) is 7. The van der Waals surface area contributed by atoms with Crippen molar-refractivity contribution in [1.82, 2.24) is 16.0 Å². The minimum Gasteiger partial charge on any atom is -0.480 e. The van der Waals surface area contributed by atoms with Crippen molar-refractivity contribution in [3.63, 3.8) is 0 Å². The summed E-state index contributed by atoms with van der Waals surface area (Å²) in [7, 11) is 0. The molecule has 34 heavy (non-hydrogen) atoms. The van der Waals surface area contributed by atoms with Crippen LogP contribution in [0, 0.1) is 0 Å². The topological polar surface area (TPSA) is 220 Å². The molecule has 0 fully saturated rings. The van der Waals surface area contributed by atoms with Gasteiger partial charge in [-0.1, -0.05) is 36.8 Å². The molecule has 10 N–H and O–H groups in total. The van der Waals surface area contributed by atoms with E-state index in [4.69, 9.17) is 17.2 Å². The van der Waals surface area contributed by atoms with Crippen LogP contribution < -0.4 is 33.2 Å². The van der Waals surface area contributed by atoms with Gasteiger partial charge in [0.25, 0.3) is 0 Å². The van der Waals surface area contributed by atoms with E-state index in [1.165, 1.54) is 0 Å². The minimum absolute atomic E-state index is 0.159. The fraction of sp³-hybridized carbons (Fsp3) is 0.500. The van der Waals surface area contributed by atoms with Crippen LogP contribution in [0.25, 0.3) is 0 Å². The molecule has 0 bridgehead atoms. The van der Waals surface area contributed by atoms with Crippen molar-refractivity contribution in [1.29, 1.82) is 0 Å². The van der Waals surface area contributed by atoms with E-state index >= 15 is 0 Å². The smallest absolute Gasteiger partial charge is 0.326 e. The first kappa shape index (κ1) is 28.5. The number of primary amides is 1. The molecule has 0 saturated carbocycles. The Morgan fingerprint density at radius 3 is 2.18 bits per heavy atom. The van der Waals surface area contributed by atoms with E-state index in [9.17, 15) is 29.1 Å². The lowest BCUT2D eigenvalue weighted by Gasteiger charge is -2.21. The molecule has 1 aromatic carbocycles. The zero-order valence-electron chi connectivity index (χ0n) is 19.0. The number of rotatable bonds is 16. The standard InChI is InChI=1S/C22H34N6O6/c23-11-5-4-8-15(24)20(31)28-17(12-14-6-2-1-3-7-14)21(32)26-13-19(30)27-16(22(33)34)9-10-18(25)29/h1-3,6-7,15-17H,4-5,8-13,23-24H2,(H2,25,29)(H,26,32)(H,27,30)(H,28,31)(H,33,34). The maximum Gasteiger partial charge on any atom is 0.326 e. The van der Waals surface area contributed by atoms with Gasteiger partial charge >= 0.3 is 5.97 Å². The number of amides is 4. The van der Waals surface area contributed by atoms with E-state index in [1.54, 1.807) is 24.3 Å². The molecular formula is C22H34N6O6. The number of aliphatic carboxylic acids is 1. The van der Waals surface area contributed by atoms with E-state index in [0.29, 0.717) is 19.4 Å². The highest BCUT2D eigenvalue weighted by Gasteiger charge is 2.25. The Kier molecular flexibility index (Phi) is 12.9. The Bertz CT molecular complexity index is 834. The number of nitrogens with one attached hydrogen (secondary N) is 3. The number of unbranched alkanes of at least 4 members (excludes halogenated alkanes) is 1. The summed E-state index contributed by atoms with van der Waals surface area (Å²) in [6.45, 7) is -0.0381. The van der Waals surface area contributed by atoms with Gasteiger partial charge in [-0.2, -0.15) is 0 Å². The predicted molar refractivity (Wildman–Crippen MR) is 124 cm³/mol. The van der Waals surface area contributed by atoms with E-state index in [1.807, 2.05) is 6.07 Å². The average molecular weight is 479 g/mol. The summed E-state index contributed by atoms with van der Waals surface area (Å²) in [5, 5.41) is 16.4. The summed E-state index contributed by atoms with van der Waals surface area (Å²) in [5.41, 5.74) is 17.2. The van der Waals surface area contributed by atoms with Crippen LogP contribution in [0.4, 0.5) is 0 Å². The lowest BCUT2D eigenvalue weighted by atomic mass is 10.0. The number of hydrogen-bond acceptors (Lipinski definition) is 7. The summed E-state index contributed by atoms with van der Waals surface area (Å²) in [5.74, 6) is -3.94. The van der Waals surface area contributed by atoms with Crippen LogP contribution in [-0.2, 0) is 30.4 Å². The number of benzene rings is 1. The Labute approximate surface area is 198 Å². The molecule has 3 unspecified atom stereocenters. The van der Waals surface area contributed by atoms with E-state index in [0.717, 1.165) is 12.0 Å². The maximum atomic E-state index is 12.8. The normalized spacial score (nSPS) is 13.2. The van der Waals surface area contributed by atoms with Gasteiger partial charge in [0.1, 0.15) is 12.1 Å². The molecule has 0 heterocycles. The predicted octanol–water partition coefficient (Wildman–Crippen LogP) is -1.88. The number of nitrogens with two attached hydrogens (primary N) is 3. The van der Waals surface area contributed by atoms with Crippen molar-refractivity contribution in [2.24, 2.45) is 17.2 Å². The zero-order valence-corrected chi connectivity index (χ0v) is 19.0. The first-order valence-electron chi connectivity index (χ1n) is 11.0. The monoisotopic (exact) mass is 478 g/mol. The molecule has 0 radical (unpaired) electrons. The molecule has 0 saturated heterocycles. The van der Waals surface area contributed by atoms with E-state index < -0.39 is 54.3 Å². The number of carbonyl (C=O) groups excluding carboxylic acids is 4. The third-order valence-corrected chi connectivity index (χ3v) is 4.96. The number of carboxylic acids is 1.